The van der Waals surface area contributed by atoms with Crippen LogP contribution in [-0.2, 0) is 19.1 Å². The molecule has 0 aromatic heterocycles. The third kappa shape index (κ3) is 3.93. The van der Waals surface area contributed by atoms with Gasteiger partial charge in [-0.15, -0.1) is 0 Å². The molecule has 1 atom stereocenters. The highest BCUT2D eigenvalue weighted by Crippen LogP contribution is 2.45. The summed E-state index contributed by atoms with van der Waals surface area (Å²) < 4.78 is 25.0. The number of halogens is 2. The molecule has 3 rings (SSSR count). The molecule has 0 saturated heterocycles. The average Bonchev–Trinajstić information content (AvgIpc) is 2.84. The van der Waals surface area contributed by atoms with Gasteiger partial charge in [0.2, 0.25) is 0 Å². The zero-order valence-corrected chi connectivity index (χ0v) is 18.6. The van der Waals surface area contributed by atoms with E-state index in [0.717, 1.165) is 26.4 Å². The number of nitriles is 1. The van der Waals surface area contributed by atoms with Crippen molar-refractivity contribution in [3.05, 3.63) is 87.1 Å². The Balaban J connectivity index is 2.54. The van der Waals surface area contributed by atoms with Crippen LogP contribution in [0.4, 0.5) is 10.1 Å². The maximum atomic E-state index is 15.3. The summed E-state index contributed by atoms with van der Waals surface area (Å²) >= 11 is 5.90. The molecule has 1 unspecified atom stereocenters. The molecule has 0 spiro atoms. The minimum Gasteiger partial charge on any atom is -0.478 e. The topological polar surface area (TPSA) is 143 Å². The van der Waals surface area contributed by atoms with Gasteiger partial charge in [0.1, 0.15) is 11.5 Å². The number of aromatic carboxylic acids is 1. The zero-order valence-electron chi connectivity index (χ0n) is 17.8. The molecule has 0 aliphatic carbocycles. The number of rotatable bonds is 5. The van der Waals surface area contributed by atoms with Crippen molar-refractivity contribution in [2.45, 2.75) is 5.92 Å². The van der Waals surface area contributed by atoms with E-state index in [-0.39, 0.29) is 5.57 Å². The zero-order chi connectivity index (χ0) is 25.2. The van der Waals surface area contributed by atoms with Gasteiger partial charge in [-0.2, -0.15) is 5.26 Å². The van der Waals surface area contributed by atoms with E-state index >= 15 is 4.39 Å². The Labute approximate surface area is 198 Å². The number of carboxylic acid groups (broad SMARTS) is 1. The highest BCUT2D eigenvalue weighted by atomic mass is 35.5. The largest absolute Gasteiger partial charge is 0.478 e. The van der Waals surface area contributed by atoms with E-state index in [0.29, 0.717) is 10.5 Å². The summed E-state index contributed by atoms with van der Waals surface area (Å²) in [5.41, 5.74) is 3.99. The van der Waals surface area contributed by atoms with Crippen molar-refractivity contribution in [2.24, 2.45) is 5.73 Å². The summed E-state index contributed by atoms with van der Waals surface area (Å²) in [4.78, 5) is 38.5. The monoisotopic (exact) mass is 485 g/mol. The minimum atomic E-state index is -1.58. The minimum absolute atomic E-state index is 0.255. The first kappa shape index (κ1) is 24.3. The van der Waals surface area contributed by atoms with Gasteiger partial charge >= 0.3 is 17.9 Å². The lowest BCUT2D eigenvalue weighted by molar-refractivity contribution is -0.139. The van der Waals surface area contributed by atoms with Gasteiger partial charge < -0.3 is 20.3 Å². The summed E-state index contributed by atoms with van der Waals surface area (Å²) in [6.45, 7) is 0. The molecule has 9 nitrogen and oxygen atoms in total. The number of benzene rings is 2. The smallest absolute Gasteiger partial charge is 0.355 e. The third-order valence-electron chi connectivity index (χ3n) is 5.13. The van der Waals surface area contributed by atoms with Crippen molar-refractivity contribution in [2.75, 3.05) is 19.1 Å². The molecule has 0 bridgehead atoms. The summed E-state index contributed by atoms with van der Waals surface area (Å²) in [5, 5.41) is 19.2. The average molecular weight is 486 g/mol. The first-order chi connectivity index (χ1) is 16.2. The van der Waals surface area contributed by atoms with Crippen LogP contribution in [0, 0.1) is 17.1 Å². The van der Waals surface area contributed by atoms with Crippen LogP contribution >= 0.6 is 11.6 Å². The first-order valence-electron chi connectivity index (χ1n) is 9.56. The van der Waals surface area contributed by atoms with Gasteiger partial charge in [-0.1, -0.05) is 41.9 Å². The van der Waals surface area contributed by atoms with Gasteiger partial charge in [0.25, 0.3) is 0 Å². The molecular weight excluding hydrogens is 469 g/mol. The summed E-state index contributed by atoms with van der Waals surface area (Å²) in [7, 11) is 2.05. The predicted molar refractivity (Wildman–Crippen MR) is 118 cm³/mol. The molecule has 1 aliphatic heterocycles. The number of nitrogens with zero attached hydrogens (tertiary/aromatic N) is 2. The molecule has 11 heteroatoms. The highest BCUT2D eigenvalue weighted by molar-refractivity contribution is 6.31. The van der Waals surface area contributed by atoms with E-state index in [2.05, 4.69) is 0 Å². The molecule has 0 radical (unpaired) electrons. The van der Waals surface area contributed by atoms with Crippen molar-refractivity contribution in [3.63, 3.8) is 0 Å². The van der Waals surface area contributed by atoms with Crippen LogP contribution in [-0.4, -0.2) is 37.2 Å². The molecule has 3 N–H and O–H groups in total. The van der Waals surface area contributed by atoms with Crippen LogP contribution in [0.25, 0.3) is 0 Å². The first-order valence-corrected chi connectivity index (χ1v) is 9.94. The van der Waals surface area contributed by atoms with Crippen molar-refractivity contribution in [3.8, 4) is 6.07 Å². The van der Waals surface area contributed by atoms with E-state index < -0.39 is 63.0 Å². The Morgan fingerprint density at radius 2 is 1.74 bits per heavy atom. The van der Waals surface area contributed by atoms with Crippen molar-refractivity contribution >= 4 is 35.2 Å². The Morgan fingerprint density at radius 1 is 1.12 bits per heavy atom. The Hall–Kier alpha value is -4.36. The number of carboxylic acids is 1. The number of carbonyl (C=O) groups is 3. The van der Waals surface area contributed by atoms with Gasteiger partial charge in [-0.3, -0.25) is 4.90 Å². The van der Waals surface area contributed by atoms with Crippen LogP contribution in [0.1, 0.15) is 21.8 Å². The molecule has 1 aliphatic rings. The van der Waals surface area contributed by atoms with Gasteiger partial charge in [-0.25, -0.2) is 18.8 Å². The second-order valence-electron chi connectivity index (χ2n) is 6.90. The summed E-state index contributed by atoms with van der Waals surface area (Å²) in [5.74, 6) is -6.71. The van der Waals surface area contributed by atoms with E-state index in [1.165, 1.54) is 0 Å². The molecule has 1 heterocycles. The molecule has 0 fully saturated rings. The number of methoxy groups -OCH3 is 2. The van der Waals surface area contributed by atoms with Crippen LogP contribution < -0.4 is 10.6 Å². The molecule has 0 amide bonds. The number of anilines is 1. The second-order valence-corrected chi connectivity index (χ2v) is 7.31. The molecule has 174 valence electrons. The Bertz CT molecular complexity index is 1300. The lowest BCUT2D eigenvalue weighted by atomic mass is 9.80. The molecule has 34 heavy (non-hydrogen) atoms. The van der Waals surface area contributed by atoms with Crippen molar-refractivity contribution in [1.82, 2.24) is 0 Å². The standard InChI is InChI=1S/C23H17ClFN3O6/c1-33-22(31)16-15(11-6-4-3-5-7-11)13(10-26)20(27)28(19(16)23(32)34-2)18-12(21(29)30)8-9-14(24)17(18)25/h3-9,15H,27H2,1-2H3,(H,29,30). The SMILES string of the molecule is COC(=O)C1=C(C(=O)OC)N(c2c(C(=O)O)ccc(Cl)c2F)C(N)=C(C#N)C1c1ccccc1. The quantitative estimate of drug-likeness (QED) is 0.610. The Kier molecular flexibility index (Phi) is 6.89. The number of nitrogens with two attached hydrogens (primary N) is 1. The number of hydrogen-bond donors (Lipinski definition) is 2. The summed E-state index contributed by atoms with van der Waals surface area (Å²) in [6.07, 6.45) is 0. The van der Waals surface area contributed by atoms with Crippen LogP contribution in [0.2, 0.25) is 5.02 Å². The van der Waals surface area contributed by atoms with E-state index in [4.69, 9.17) is 26.8 Å². The fourth-order valence-corrected chi connectivity index (χ4v) is 3.83. The number of esters is 2. The number of allylic oxidation sites excluding steroid dienone is 1. The molecular formula is C23H17ClFN3O6. The lowest BCUT2D eigenvalue weighted by Gasteiger charge is -2.36. The number of carbonyl (C=O) groups excluding carboxylic acids is 2. The predicted octanol–water partition coefficient (Wildman–Crippen LogP) is 3.08. The summed E-state index contributed by atoms with van der Waals surface area (Å²) in [6, 6.07) is 12.0. The van der Waals surface area contributed by atoms with E-state index in [1.807, 2.05) is 6.07 Å². The van der Waals surface area contributed by atoms with E-state index in [1.54, 1.807) is 30.3 Å². The lowest BCUT2D eigenvalue weighted by Crippen LogP contribution is -2.41. The third-order valence-corrected chi connectivity index (χ3v) is 5.43. The van der Waals surface area contributed by atoms with Gasteiger partial charge in [0.05, 0.1) is 53.6 Å². The maximum Gasteiger partial charge on any atom is 0.355 e. The maximum absolute atomic E-state index is 15.3. The van der Waals surface area contributed by atoms with Crippen LogP contribution in [0.15, 0.2) is 65.1 Å². The van der Waals surface area contributed by atoms with E-state index in [9.17, 15) is 24.8 Å². The number of hydrogen-bond acceptors (Lipinski definition) is 8. The molecule has 2 aromatic carbocycles. The highest BCUT2D eigenvalue weighted by Gasteiger charge is 2.44. The molecule has 0 saturated carbocycles. The normalized spacial score (nSPS) is 15.6. The fraction of sp³-hybridized carbons (Fsp3) is 0.130. The fourth-order valence-electron chi connectivity index (χ4n) is 3.68. The van der Waals surface area contributed by atoms with Crippen LogP contribution in [0.5, 0.6) is 0 Å². The van der Waals surface area contributed by atoms with Gasteiger partial charge in [0.15, 0.2) is 5.82 Å². The van der Waals surface area contributed by atoms with Crippen molar-refractivity contribution in [1.29, 1.82) is 5.26 Å². The Morgan fingerprint density at radius 3 is 2.26 bits per heavy atom. The van der Waals surface area contributed by atoms with Crippen LogP contribution in [0.3, 0.4) is 0 Å². The molecule has 2 aromatic rings. The van der Waals surface area contributed by atoms with Gasteiger partial charge in [0, 0.05) is 0 Å². The van der Waals surface area contributed by atoms with Crippen molar-refractivity contribution < 1.29 is 33.4 Å². The van der Waals surface area contributed by atoms with Gasteiger partial charge in [-0.05, 0) is 17.7 Å². The second kappa shape index (κ2) is 9.64. The number of ether oxygens (including phenoxy) is 2.